The lowest BCUT2D eigenvalue weighted by molar-refractivity contribution is 0.101. The number of alkyl halides is 1. The minimum Gasteiger partial charge on any atom is -0.492 e. The number of benzene rings is 1. The van der Waals surface area contributed by atoms with Crippen LogP contribution in [-0.2, 0) is 0 Å². The van der Waals surface area contributed by atoms with E-state index in [1.54, 1.807) is 6.07 Å². The van der Waals surface area contributed by atoms with E-state index in [0.717, 1.165) is 0 Å². The molecule has 0 aliphatic rings. The summed E-state index contributed by atoms with van der Waals surface area (Å²) >= 11 is 6.11. The van der Waals surface area contributed by atoms with Crippen molar-refractivity contribution in [3.63, 3.8) is 0 Å². The summed E-state index contributed by atoms with van der Waals surface area (Å²) in [5.41, 5.74) is 0.0296. The highest BCUT2D eigenvalue weighted by atomic mass is 79.9. The first-order valence-corrected chi connectivity index (χ1v) is 5.64. The highest BCUT2D eigenvalue weighted by molar-refractivity contribution is 9.10. The summed E-state index contributed by atoms with van der Waals surface area (Å²) in [6, 6.07) is 3.00. The Morgan fingerprint density at radius 1 is 1.57 bits per heavy atom. The summed E-state index contributed by atoms with van der Waals surface area (Å²) in [5, 5.41) is 0.0920. The van der Waals surface area contributed by atoms with E-state index < -0.39 is 5.82 Å². The average molecular weight is 326 g/mol. The van der Waals surface area contributed by atoms with Crippen molar-refractivity contribution in [1.82, 2.24) is 0 Å². The maximum Gasteiger partial charge on any atom is 0.177 e. The number of carbonyl (C=O) groups is 1. The Kier molecular flexibility index (Phi) is 4.07. The summed E-state index contributed by atoms with van der Waals surface area (Å²) < 4.78 is 18.9. The van der Waals surface area contributed by atoms with Gasteiger partial charge in [0.1, 0.15) is 0 Å². The van der Waals surface area contributed by atoms with Gasteiger partial charge in [-0.3, -0.25) is 4.79 Å². The Morgan fingerprint density at radius 3 is 2.71 bits per heavy atom. The second-order valence-electron chi connectivity index (χ2n) is 2.50. The van der Waals surface area contributed by atoms with Gasteiger partial charge >= 0.3 is 0 Å². The SMILES string of the molecule is COc1c(Br)ccc(C(=O)CBr)c1F. The predicted octanol–water partition coefficient (Wildman–Crippen LogP) is 3.17. The number of ketones is 1. The van der Waals surface area contributed by atoms with Crippen molar-refractivity contribution >= 4 is 37.6 Å². The molecular formula is C9H7Br2FO2. The summed E-state index contributed by atoms with van der Waals surface area (Å²) in [4.78, 5) is 11.3. The molecule has 0 aliphatic carbocycles. The Balaban J connectivity index is 3.28. The largest absolute Gasteiger partial charge is 0.492 e. The maximum atomic E-state index is 13.6. The van der Waals surface area contributed by atoms with Crippen molar-refractivity contribution in [3.8, 4) is 5.75 Å². The number of ether oxygens (including phenoxy) is 1. The van der Waals surface area contributed by atoms with Gasteiger partial charge in [0, 0.05) is 0 Å². The van der Waals surface area contributed by atoms with Crippen LogP contribution < -0.4 is 4.74 Å². The third-order valence-corrected chi connectivity index (χ3v) is 2.81. The Morgan fingerprint density at radius 2 is 2.21 bits per heavy atom. The monoisotopic (exact) mass is 324 g/mol. The van der Waals surface area contributed by atoms with Gasteiger partial charge in [0.15, 0.2) is 17.3 Å². The third-order valence-electron chi connectivity index (χ3n) is 1.67. The molecule has 0 fully saturated rings. The van der Waals surface area contributed by atoms with E-state index in [9.17, 15) is 9.18 Å². The zero-order chi connectivity index (χ0) is 10.7. The lowest BCUT2D eigenvalue weighted by atomic mass is 10.1. The number of methoxy groups -OCH3 is 1. The van der Waals surface area contributed by atoms with E-state index in [2.05, 4.69) is 31.9 Å². The highest BCUT2D eigenvalue weighted by Crippen LogP contribution is 2.30. The van der Waals surface area contributed by atoms with Gasteiger partial charge < -0.3 is 4.74 Å². The molecule has 14 heavy (non-hydrogen) atoms. The van der Waals surface area contributed by atoms with Crippen LogP contribution >= 0.6 is 31.9 Å². The molecule has 0 aliphatic heterocycles. The van der Waals surface area contributed by atoms with E-state index in [4.69, 9.17) is 4.74 Å². The van der Waals surface area contributed by atoms with Crippen LogP contribution in [0.3, 0.4) is 0 Å². The molecule has 0 atom stereocenters. The fourth-order valence-corrected chi connectivity index (χ4v) is 1.78. The van der Waals surface area contributed by atoms with Gasteiger partial charge in [-0.05, 0) is 28.1 Å². The molecule has 1 aromatic carbocycles. The summed E-state index contributed by atoms with van der Waals surface area (Å²) in [7, 11) is 1.35. The molecule has 76 valence electrons. The molecular weight excluding hydrogens is 319 g/mol. The number of Topliss-reactive ketones (excluding diaryl/α,β-unsaturated/α-hetero) is 1. The van der Waals surface area contributed by atoms with Crippen LogP contribution in [0.5, 0.6) is 5.75 Å². The van der Waals surface area contributed by atoms with Gasteiger partial charge in [-0.25, -0.2) is 4.39 Å². The summed E-state index contributed by atoms with van der Waals surface area (Å²) in [6.07, 6.45) is 0. The highest BCUT2D eigenvalue weighted by Gasteiger charge is 2.16. The van der Waals surface area contributed by atoms with Crippen LogP contribution in [0.25, 0.3) is 0 Å². The predicted molar refractivity (Wildman–Crippen MR) is 58.8 cm³/mol. The van der Waals surface area contributed by atoms with E-state index in [-0.39, 0.29) is 22.4 Å². The molecule has 0 spiro atoms. The van der Waals surface area contributed by atoms with Crippen molar-refractivity contribution < 1.29 is 13.9 Å². The molecule has 1 aromatic rings. The van der Waals surface area contributed by atoms with E-state index in [1.165, 1.54) is 13.2 Å². The van der Waals surface area contributed by atoms with Crippen molar-refractivity contribution in [2.45, 2.75) is 0 Å². The van der Waals surface area contributed by atoms with Gasteiger partial charge in [0.05, 0.1) is 22.5 Å². The van der Waals surface area contributed by atoms with Crippen LogP contribution in [0.2, 0.25) is 0 Å². The van der Waals surface area contributed by atoms with E-state index in [0.29, 0.717) is 4.47 Å². The first-order chi connectivity index (χ1) is 6.61. The quantitative estimate of drug-likeness (QED) is 0.630. The Labute approximate surface area is 97.7 Å². The molecule has 0 heterocycles. The van der Waals surface area contributed by atoms with Crippen LogP contribution in [0.4, 0.5) is 4.39 Å². The molecule has 0 unspecified atom stereocenters. The maximum absolute atomic E-state index is 13.6. The van der Waals surface area contributed by atoms with Crippen LogP contribution in [0.15, 0.2) is 16.6 Å². The molecule has 1 rings (SSSR count). The molecule has 0 amide bonds. The van der Waals surface area contributed by atoms with Gasteiger partial charge in [-0.15, -0.1) is 0 Å². The summed E-state index contributed by atoms with van der Waals surface area (Å²) in [5.74, 6) is -0.892. The lowest BCUT2D eigenvalue weighted by Crippen LogP contribution is -2.05. The molecule has 2 nitrogen and oxygen atoms in total. The molecule has 0 N–H and O–H groups in total. The van der Waals surface area contributed by atoms with Gasteiger partial charge in [-0.1, -0.05) is 15.9 Å². The number of halogens is 3. The molecule has 0 saturated heterocycles. The molecule has 5 heteroatoms. The van der Waals surface area contributed by atoms with Gasteiger partial charge in [-0.2, -0.15) is 0 Å². The number of hydrogen-bond acceptors (Lipinski definition) is 2. The molecule has 0 saturated carbocycles. The van der Waals surface area contributed by atoms with E-state index in [1.807, 2.05) is 0 Å². The van der Waals surface area contributed by atoms with Crippen LogP contribution in [0, 0.1) is 5.82 Å². The topological polar surface area (TPSA) is 26.3 Å². The molecule has 0 aromatic heterocycles. The summed E-state index contributed by atoms with van der Waals surface area (Å²) in [6.45, 7) is 0. The second kappa shape index (κ2) is 4.89. The Hall–Kier alpha value is -0.420. The zero-order valence-electron chi connectivity index (χ0n) is 7.31. The van der Waals surface area contributed by atoms with Gasteiger partial charge in [0.25, 0.3) is 0 Å². The van der Waals surface area contributed by atoms with Crippen LogP contribution in [-0.4, -0.2) is 18.2 Å². The fourth-order valence-electron chi connectivity index (χ4n) is 1.01. The van der Waals surface area contributed by atoms with Crippen molar-refractivity contribution in [3.05, 3.63) is 28.0 Å². The Bertz CT molecular complexity index is 366. The normalized spacial score (nSPS) is 10.0. The fraction of sp³-hybridized carbons (Fsp3) is 0.222. The zero-order valence-corrected chi connectivity index (χ0v) is 10.5. The molecule has 0 radical (unpaired) electrons. The number of rotatable bonds is 3. The average Bonchev–Trinajstić information content (AvgIpc) is 2.18. The first-order valence-electron chi connectivity index (χ1n) is 3.73. The van der Waals surface area contributed by atoms with Gasteiger partial charge in [0.2, 0.25) is 0 Å². The van der Waals surface area contributed by atoms with Crippen molar-refractivity contribution in [2.24, 2.45) is 0 Å². The second-order valence-corrected chi connectivity index (χ2v) is 3.91. The first kappa shape index (κ1) is 11.7. The molecule has 0 bridgehead atoms. The third kappa shape index (κ3) is 2.15. The lowest BCUT2D eigenvalue weighted by Gasteiger charge is -2.07. The minimum atomic E-state index is -0.633. The van der Waals surface area contributed by atoms with Crippen molar-refractivity contribution in [1.29, 1.82) is 0 Å². The van der Waals surface area contributed by atoms with E-state index >= 15 is 0 Å². The number of carbonyl (C=O) groups excluding carboxylic acids is 1. The van der Waals surface area contributed by atoms with Crippen LogP contribution in [0.1, 0.15) is 10.4 Å². The van der Waals surface area contributed by atoms with Crippen molar-refractivity contribution in [2.75, 3.05) is 12.4 Å². The minimum absolute atomic E-state index is 0.0296. The smallest absolute Gasteiger partial charge is 0.177 e. The number of hydrogen-bond donors (Lipinski definition) is 0. The standard InChI is InChI=1S/C9H7Br2FO2/c1-14-9-6(11)3-2-5(8(9)12)7(13)4-10/h2-3H,4H2,1H3.